The average Bonchev–Trinajstić information content (AvgIpc) is 2.30. The van der Waals surface area contributed by atoms with Crippen LogP contribution in [0.1, 0.15) is 19.4 Å². The molecule has 17 heavy (non-hydrogen) atoms. The van der Waals surface area contributed by atoms with Gasteiger partial charge in [0.25, 0.3) is 0 Å². The highest BCUT2D eigenvalue weighted by molar-refractivity contribution is 5.94. The Balaban J connectivity index is 2.60. The summed E-state index contributed by atoms with van der Waals surface area (Å²) < 4.78 is 0. The summed E-state index contributed by atoms with van der Waals surface area (Å²) in [5, 5.41) is 2.80. The topological polar surface area (TPSA) is 81.1 Å². The molecule has 1 amide bonds. The molecule has 0 saturated heterocycles. The zero-order valence-corrected chi connectivity index (χ0v) is 10.4. The minimum atomic E-state index is -0.473. The first-order valence-corrected chi connectivity index (χ1v) is 5.90. The van der Waals surface area contributed by atoms with E-state index in [1.165, 1.54) is 5.56 Å². The molecule has 0 bridgehead atoms. The van der Waals surface area contributed by atoms with Gasteiger partial charge in [0.05, 0.1) is 6.04 Å². The van der Waals surface area contributed by atoms with E-state index in [9.17, 15) is 4.79 Å². The highest BCUT2D eigenvalue weighted by atomic mass is 16.2. The van der Waals surface area contributed by atoms with Crippen molar-refractivity contribution in [2.24, 2.45) is 17.4 Å². The van der Waals surface area contributed by atoms with Crippen molar-refractivity contribution in [1.29, 1.82) is 0 Å². The molecule has 0 fully saturated rings. The average molecular weight is 235 g/mol. The van der Waals surface area contributed by atoms with Crippen molar-refractivity contribution in [2.45, 2.75) is 26.3 Å². The first-order chi connectivity index (χ1) is 8.04. The van der Waals surface area contributed by atoms with E-state index in [2.05, 4.69) is 5.32 Å². The Kier molecular flexibility index (Phi) is 5.12. The maximum Gasteiger partial charge on any atom is 0.241 e. The molecule has 0 saturated carbocycles. The van der Waals surface area contributed by atoms with Crippen LogP contribution < -0.4 is 16.8 Å². The smallest absolute Gasteiger partial charge is 0.241 e. The molecule has 5 N–H and O–H groups in total. The quantitative estimate of drug-likeness (QED) is 0.715. The number of nitrogens with one attached hydrogen (secondary N) is 1. The van der Waals surface area contributed by atoms with Gasteiger partial charge in [-0.25, -0.2) is 0 Å². The molecule has 0 aromatic heterocycles. The van der Waals surface area contributed by atoms with Crippen LogP contribution in [0.25, 0.3) is 0 Å². The lowest BCUT2D eigenvalue weighted by atomic mass is 10.0. The second-order valence-corrected chi connectivity index (χ2v) is 4.49. The summed E-state index contributed by atoms with van der Waals surface area (Å²) >= 11 is 0. The number of hydrogen-bond donors (Lipinski definition) is 3. The van der Waals surface area contributed by atoms with Crippen molar-refractivity contribution in [2.75, 3.05) is 11.9 Å². The Morgan fingerprint density at radius 1 is 1.29 bits per heavy atom. The Morgan fingerprint density at radius 3 is 2.35 bits per heavy atom. The van der Waals surface area contributed by atoms with Crippen molar-refractivity contribution >= 4 is 11.6 Å². The van der Waals surface area contributed by atoms with Crippen LogP contribution in [0.5, 0.6) is 0 Å². The number of rotatable bonds is 5. The number of nitrogens with two attached hydrogens (primary N) is 2. The van der Waals surface area contributed by atoms with Crippen LogP contribution in [0, 0.1) is 5.92 Å². The van der Waals surface area contributed by atoms with Crippen molar-refractivity contribution in [1.82, 2.24) is 0 Å². The molecule has 4 heteroatoms. The molecule has 0 radical (unpaired) electrons. The fraction of sp³-hybridized carbons (Fsp3) is 0.462. The molecule has 94 valence electrons. The third-order valence-electron chi connectivity index (χ3n) is 2.68. The van der Waals surface area contributed by atoms with Crippen LogP contribution in [0.4, 0.5) is 5.69 Å². The van der Waals surface area contributed by atoms with E-state index in [-0.39, 0.29) is 11.8 Å². The van der Waals surface area contributed by atoms with E-state index in [1.54, 1.807) is 0 Å². The van der Waals surface area contributed by atoms with Crippen molar-refractivity contribution in [3.63, 3.8) is 0 Å². The summed E-state index contributed by atoms with van der Waals surface area (Å²) in [4.78, 5) is 11.7. The van der Waals surface area contributed by atoms with E-state index in [0.29, 0.717) is 6.54 Å². The van der Waals surface area contributed by atoms with Gasteiger partial charge in [-0.2, -0.15) is 0 Å². The Morgan fingerprint density at radius 2 is 1.88 bits per heavy atom. The van der Waals surface area contributed by atoms with Crippen molar-refractivity contribution in [3.8, 4) is 0 Å². The molecule has 1 atom stereocenters. The predicted molar refractivity (Wildman–Crippen MR) is 70.6 cm³/mol. The first-order valence-electron chi connectivity index (χ1n) is 5.90. The van der Waals surface area contributed by atoms with Crippen LogP contribution in [-0.2, 0) is 11.2 Å². The second kappa shape index (κ2) is 6.37. The van der Waals surface area contributed by atoms with Gasteiger partial charge in [0.15, 0.2) is 0 Å². The van der Waals surface area contributed by atoms with E-state index in [1.807, 2.05) is 38.1 Å². The lowest BCUT2D eigenvalue weighted by Crippen LogP contribution is -2.39. The van der Waals surface area contributed by atoms with Gasteiger partial charge in [-0.15, -0.1) is 0 Å². The maximum absolute atomic E-state index is 11.7. The fourth-order valence-electron chi connectivity index (χ4n) is 1.45. The Labute approximate surface area is 102 Å². The van der Waals surface area contributed by atoms with Gasteiger partial charge >= 0.3 is 0 Å². The summed E-state index contributed by atoms with van der Waals surface area (Å²) in [5.41, 5.74) is 13.2. The Hall–Kier alpha value is -1.39. The summed E-state index contributed by atoms with van der Waals surface area (Å²) in [6.07, 6.45) is 0.847. The van der Waals surface area contributed by atoms with Gasteiger partial charge in [-0.3, -0.25) is 4.79 Å². The van der Waals surface area contributed by atoms with E-state index < -0.39 is 6.04 Å². The van der Waals surface area contributed by atoms with Gasteiger partial charge in [0.2, 0.25) is 5.91 Å². The third-order valence-corrected chi connectivity index (χ3v) is 2.68. The number of anilines is 1. The van der Waals surface area contributed by atoms with Crippen LogP contribution >= 0.6 is 0 Å². The highest BCUT2D eigenvalue weighted by Gasteiger charge is 2.16. The number of amides is 1. The van der Waals surface area contributed by atoms with E-state index in [0.717, 1.165) is 12.1 Å². The zero-order chi connectivity index (χ0) is 12.8. The maximum atomic E-state index is 11.7. The zero-order valence-electron chi connectivity index (χ0n) is 10.4. The molecule has 0 heterocycles. The third kappa shape index (κ3) is 4.17. The van der Waals surface area contributed by atoms with Gasteiger partial charge < -0.3 is 16.8 Å². The first kappa shape index (κ1) is 13.7. The van der Waals surface area contributed by atoms with Crippen LogP contribution in [0.2, 0.25) is 0 Å². The molecule has 0 aliphatic rings. The summed E-state index contributed by atoms with van der Waals surface area (Å²) in [6.45, 7) is 4.48. The van der Waals surface area contributed by atoms with E-state index in [4.69, 9.17) is 11.5 Å². The molecule has 0 aliphatic heterocycles. The van der Waals surface area contributed by atoms with E-state index >= 15 is 0 Å². The number of carbonyl (C=O) groups excluding carboxylic acids is 1. The second-order valence-electron chi connectivity index (χ2n) is 4.49. The number of carbonyl (C=O) groups is 1. The number of benzene rings is 1. The molecule has 0 spiro atoms. The van der Waals surface area contributed by atoms with Crippen LogP contribution in [0.3, 0.4) is 0 Å². The molecule has 1 aromatic carbocycles. The lowest BCUT2D eigenvalue weighted by molar-refractivity contribution is -0.118. The molecule has 4 nitrogen and oxygen atoms in total. The highest BCUT2D eigenvalue weighted by Crippen LogP contribution is 2.11. The predicted octanol–water partition coefficient (Wildman–Crippen LogP) is 1.11. The normalized spacial score (nSPS) is 12.5. The largest absolute Gasteiger partial charge is 0.330 e. The van der Waals surface area contributed by atoms with Gasteiger partial charge in [0, 0.05) is 5.69 Å². The minimum Gasteiger partial charge on any atom is -0.330 e. The lowest BCUT2D eigenvalue weighted by Gasteiger charge is -2.15. The fourth-order valence-corrected chi connectivity index (χ4v) is 1.45. The van der Waals surface area contributed by atoms with Crippen molar-refractivity contribution < 1.29 is 4.79 Å². The number of hydrogen-bond acceptors (Lipinski definition) is 3. The monoisotopic (exact) mass is 235 g/mol. The summed E-state index contributed by atoms with van der Waals surface area (Å²) in [7, 11) is 0. The summed E-state index contributed by atoms with van der Waals surface area (Å²) in [6, 6.07) is 7.19. The van der Waals surface area contributed by atoms with Gasteiger partial charge in [-0.1, -0.05) is 26.0 Å². The van der Waals surface area contributed by atoms with Crippen LogP contribution in [-0.4, -0.2) is 18.5 Å². The molecule has 1 aromatic rings. The SMILES string of the molecule is CC(C)C(N)C(=O)Nc1ccc(CCN)cc1. The Bertz CT molecular complexity index is 359. The minimum absolute atomic E-state index is 0.131. The van der Waals surface area contributed by atoms with Crippen LogP contribution in [0.15, 0.2) is 24.3 Å². The molecule has 1 rings (SSSR count). The molecule has 0 aliphatic carbocycles. The van der Waals surface area contributed by atoms with Gasteiger partial charge in [-0.05, 0) is 36.6 Å². The standard InChI is InChI=1S/C13H21N3O/c1-9(2)12(15)13(17)16-11-5-3-10(4-6-11)7-8-14/h3-6,9,12H,7-8,14-15H2,1-2H3,(H,16,17). The molecule has 1 unspecified atom stereocenters. The molecular formula is C13H21N3O. The van der Waals surface area contributed by atoms with Crippen molar-refractivity contribution in [3.05, 3.63) is 29.8 Å². The van der Waals surface area contributed by atoms with Gasteiger partial charge in [0.1, 0.15) is 0 Å². The molecular weight excluding hydrogens is 214 g/mol. The summed E-state index contributed by atoms with van der Waals surface area (Å²) in [5.74, 6) is -0.0157.